The Morgan fingerprint density at radius 3 is 2.81 bits per heavy atom. The number of benzene rings is 1. The van der Waals surface area contributed by atoms with E-state index in [1.807, 2.05) is 7.05 Å². The van der Waals surface area contributed by atoms with Gasteiger partial charge in [-0.3, -0.25) is 0 Å². The van der Waals surface area contributed by atoms with Crippen molar-refractivity contribution in [3.63, 3.8) is 0 Å². The molecule has 21 heavy (non-hydrogen) atoms. The van der Waals surface area contributed by atoms with Gasteiger partial charge in [-0.25, -0.2) is 12.8 Å². The first kappa shape index (κ1) is 15.9. The maximum absolute atomic E-state index is 13.6. The highest BCUT2D eigenvalue weighted by atomic mass is 32.2. The second kappa shape index (κ2) is 6.10. The van der Waals surface area contributed by atoms with E-state index in [-0.39, 0.29) is 10.9 Å². The second-order valence-corrected chi connectivity index (χ2v) is 7.27. The number of sulfonamides is 1. The van der Waals surface area contributed by atoms with Crippen LogP contribution in [0.3, 0.4) is 0 Å². The second-order valence-electron chi connectivity index (χ2n) is 5.30. The molecule has 0 amide bonds. The number of piperidine rings is 1. The molecule has 114 valence electrons. The highest BCUT2D eigenvalue weighted by molar-refractivity contribution is 7.89. The van der Waals surface area contributed by atoms with E-state index in [2.05, 4.69) is 4.90 Å². The normalized spacial score (nSPS) is 20.4. The Kier molecular flexibility index (Phi) is 4.61. The molecule has 1 heterocycles. The van der Waals surface area contributed by atoms with E-state index < -0.39 is 21.4 Å². The molecule has 1 aliphatic heterocycles. The molecule has 1 atom stereocenters. The van der Waals surface area contributed by atoms with Gasteiger partial charge < -0.3 is 4.90 Å². The van der Waals surface area contributed by atoms with Gasteiger partial charge in [-0.1, -0.05) is 6.07 Å². The lowest BCUT2D eigenvalue weighted by atomic mass is 10.1. The molecule has 0 spiro atoms. The van der Waals surface area contributed by atoms with Crippen molar-refractivity contribution >= 4 is 10.0 Å². The first-order valence-corrected chi connectivity index (χ1v) is 8.17. The summed E-state index contributed by atoms with van der Waals surface area (Å²) in [5.41, 5.74) is -0.423. The molecule has 7 heteroatoms. The van der Waals surface area contributed by atoms with Crippen molar-refractivity contribution in [3.8, 4) is 6.07 Å². The fourth-order valence-electron chi connectivity index (χ4n) is 2.62. The lowest BCUT2D eigenvalue weighted by Gasteiger charge is -2.35. The zero-order valence-electron chi connectivity index (χ0n) is 12.1. The third-order valence-corrected chi connectivity index (χ3v) is 5.81. The van der Waals surface area contributed by atoms with E-state index in [9.17, 15) is 12.8 Å². The zero-order chi connectivity index (χ0) is 15.6. The highest BCUT2D eigenvalue weighted by Crippen LogP contribution is 2.25. The molecule has 0 aromatic heterocycles. The number of halogens is 1. The summed E-state index contributed by atoms with van der Waals surface area (Å²) in [7, 11) is -0.452. The number of nitrogens with zero attached hydrogens (tertiary/aromatic N) is 3. The van der Waals surface area contributed by atoms with Gasteiger partial charge >= 0.3 is 0 Å². The molecule has 0 aliphatic carbocycles. The van der Waals surface area contributed by atoms with Gasteiger partial charge in [0.2, 0.25) is 10.0 Å². The van der Waals surface area contributed by atoms with Crippen molar-refractivity contribution in [2.45, 2.75) is 23.8 Å². The monoisotopic (exact) mass is 311 g/mol. The molecule has 2 rings (SSSR count). The Labute approximate surface area is 124 Å². The smallest absolute Gasteiger partial charge is 0.244 e. The SMILES string of the molecule is CN1CCCC(N(C)S(=O)(=O)c2cccc(F)c2C#N)C1. The maximum atomic E-state index is 13.6. The summed E-state index contributed by atoms with van der Waals surface area (Å²) < 4.78 is 40.2. The van der Waals surface area contributed by atoms with Gasteiger partial charge in [0.15, 0.2) is 0 Å². The molecular weight excluding hydrogens is 293 g/mol. The Morgan fingerprint density at radius 2 is 2.19 bits per heavy atom. The number of hydrogen-bond acceptors (Lipinski definition) is 4. The number of nitriles is 1. The molecule has 0 saturated carbocycles. The highest BCUT2D eigenvalue weighted by Gasteiger charge is 2.32. The molecule has 1 fully saturated rings. The van der Waals surface area contributed by atoms with Gasteiger partial charge in [-0.05, 0) is 38.6 Å². The largest absolute Gasteiger partial charge is 0.305 e. The fraction of sp³-hybridized carbons (Fsp3) is 0.500. The minimum Gasteiger partial charge on any atom is -0.305 e. The van der Waals surface area contributed by atoms with Crippen LogP contribution in [0.5, 0.6) is 0 Å². The molecule has 0 bridgehead atoms. The van der Waals surface area contributed by atoms with Crippen LogP contribution in [0.4, 0.5) is 4.39 Å². The van der Waals surface area contributed by atoms with Crippen LogP contribution in [0.1, 0.15) is 18.4 Å². The summed E-state index contributed by atoms with van der Waals surface area (Å²) in [6, 6.07) is 5.16. The fourth-order valence-corrected chi connectivity index (χ4v) is 4.14. The lowest BCUT2D eigenvalue weighted by molar-refractivity contribution is 0.187. The molecule has 1 aliphatic rings. The topological polar surface area (TPSA) is 64.4 Å². The molecule has 0 N–H and O–H groups in total. The van der Waals surface area contributed by atoms with Crippen molar-refractivity contribution in [2.75, 3.05) is 27.2 Å². The Morgan fingerprint density at radius 1 is 1.48 bits per heavy atom. The lowest BCUT2D eigenvalue weighted by Crippen LogP contribution is -2.47. The average molecular weight is 311 g/mol. The van der Waals surface area contributed by atoms with Gasteiger partial charge in [0.1, 0.15) is 22.3 Å². The van der Waals surface area contributed by atoms with Crippen LogP contribution < -0.4 is 0 Å². The molecule has 1 aromatic rings. The Balaban J connectivity index is 2.38. The van der Waals surface area contributed by atoms with E-state index in [4.69, 9.17) is 5.26 Å². The van der Waals surface area contributed by atoms with Crippen molar-refractivity contribution in [2.24, 2.45) is 0 Å². The first-order chi connectivity index (χ1) is 9.87. The summed E-state index contributed by atoms with van der Waals surface area (Å²) in [6.07, 6.45) is 1.67. The number of hydrogen-bond donors (Lipinski definition) is 0. The van der Waals surface area contributed by atoms with E-state index in [1.165, 1.54) is 23.5 Å². The van der Waals surface area contributed by atoms with Crippen molar-refractivity contribution in [3.05, 3.63) is 29.6 Å². The summed E-state index contributed by atoms with van der Waals surface area (Å²) >= 11 is 0. The van der Waals surface area contributed by atoms with Crippen LogP contribution >= 0.6 is 0 Å². The van der Waals surface area contributed by atoms with Crippen LogP contribution in [-0.2, 0) is 10.0 Å². The molecule has 1 unspecified atom stereocenters. The van der Waals surface area contributed by atoms with Crippen LogP contribution in [0.25, 0.3) is 0 Å². The quantitative estimate of drug-likeness (QED) is 0.847. The van der Waals surface area contributed by atoms with Crippen molar-refractivity contribution < 1.29 is 12.8 Å². The molecule has 5 nitrogen and oxygen atoms in total. The van der Waals surface area contributed by atoms with E-state index in [0.717, 1.165) is 25.5 Å². The van der Waals surface area contributed by atoms with Crippen molar-refractivity contribution in [1.29, 1.82) is 5.26 Å². The van der Waals surface area contributed by atoms with Crippen LogP contribution in [-0.4, -0.2) is 50.8 Å². The summed E-state index contributed by atoms with van der Waals surface area (Å²) in [5, 5.41) is 9.02. The summed E-state index contributed by atoms with van der Waals surface area (Å²) in [5.74, 6) is -0.812. The minimum absolute atomic E-state index is 0.163. The van der Waals surface area contributed by atoms with Crippen LogP contribution in [0, 0.1) is 17.1 Å². The van der Waals surface area contributed by atoms with Gasteiger partial charge in [-0.2, -0.15) is 9.57 Å². The van der Waals surface area contributed by atoms with E-state index in [0.29, 0.717) is 6.54 Å². The van der Waals surface area contributed by atoms with Crippen LogP contribution in [0.15, 0.2) is 23.1 Å². The predicted molar refractivity (Wildman–Crippen MR) is 76.6 cm³/mol. The molecule has 0 radical (unpaired) electrons. The van der Waals surface area contributed by atoms with Gasteiger partial charge in [-0.15, -0.1) is 0 Å². The number of rotatable bonds is 3. The maximum Gasteiger partial charge on any atom is 0.244 e. The Bertz CT molecular complexity index is 669. The van der Waals surface area contributed by atoms with Gasteiger partial charge in [0.25, 0.3) is 0 Å². The minimum atomic E-state index is -3.88. The molecule has 1 saturated heterocycles. The van der Waals surface area contributed by atoms with Gasteiger partial charge in [0.05, 0.1) is 0 Å². The average Bonchev–Trinajstić information content (AvgIpc) is 2.46. The first-order valence-electron chi connectivity index (χ1n) is 6.73. The van der Waals surface area contributed by atoms with Crippen molar-refractivity contribution in [1.82, 2.24) is 9.21 Å². The number of likely N-dealkylation sites (tertiary alicyclic amines) is 1. The molecular formula is C14H18FN3O2S. The summed E-state index contributed by atoms with van der Waals surface area (Å²) in [6.45, 7) is 1.57. The third kappa shape index (κ3) is 3.07. The third-order valence-electron chi connectivity index (χ3n) is 3.86. The van der Waals surface area contributed by atoms with Crippen LogP contribution in [0.2, 0.25) is 0 Å². The predicted octanol–water partition coefficient (Wildman–Crippen LogP) is 1.41. The standard InChI is InChI=1S/C14H18FN3O2S/c1-17-8-4-5-11(10-17)18(2)21(19,20)14-7-3-6-13(15)12(14)9-16/h3,6-7,11H,4-5,8,10H2,1-2H3. The molecule has 1 aromatic carbocycles. The van der Waals surface area contributed by atoms with E-state index in [1.54, 1.807) is 6.07 Å². The number of likely N-dealkylation sites (N-methyl/N-ethyl adjacent to an activating group) is 2. The summed E-state index contributed by atoms with van der Waals surface area (Å²) in [4.78, 5) is 1.80. The van der Waals surface area contributed by atoms with E-state index >= 15 is 0 Å². The Hall–Kier alpha value is -1.49. The zero-order valence-corrected chi connectivity index (χ0v) is 12.9. The van der Waals surface area contributed by atoms with Gasteiger partial charge in [0, 0.05) is 19.6 Å².